The highest BCUT2D eigenvalue weighted by Crippen LogP contribution is 2.39. The standard InChI is InChI=1S/C14H14N2O2/c1-16-12(17)10-14(13(16)18,8-5-9-15)11-6-3-2-4-7-11/h2-4,6-7H,5,8,10H2,1H3/t14-/m1/s1. The number of carbonyl (C=O) groups is 2. The monoisotopic (exact) mass is 242 g/mol. The van der Waals surface area contributed by atoms with Gasteiger partial charge in [-0.25, -0.2) is 0 Å². The summed E-state index contributed by atoms with van der Waals surface area (Å²) in [5.74, 6) is -0.379. The molecule has 1 aromatic carbocycles. The molecule has 1 aliphatic heterocycles. The van der Waals surface area contributed by atoms with Gasteiger partial charge in [0.15, 0.2) is 0 Å². The van der Waals surface area contributed by atoms with Gasteiger partial charge in [-0.3, -0.25) is 14.5 Å². The Bertz CT molecular complexity index is 518. The molecule has 4 heteroatoms. The molecule has 0 aromatic heterocycles. The summed E-state index contributed by atoms with van der Waals surface area (Å²) in [5.41, 5.74) is -0.0222. The first-order valence-electron chi connectivity index (χ1n) is 5.85. The lowest BCUT2D eigenvalue weighted by molar-refractivity contribution is -0.138. The van der Waals surface area contributed by atoms with Crippen LogP contribution >= 0.6 is 0 Å². The van der Waals surface area contributed by atoms with Crippen molar-refractivity contribution in [1.29, 1.82) is 5.26 Å². The van der Waals surface area contributed by atoms with Crippen molar-refractivity contribution in [3.05, 3.63) is 35.9 Å². The summed E-state index contributed by atoms with van der Waals surface area (Å²) < 4.78 is 0. The van der Waals surface area contributed by atoms with E-state index in [0.717, 1.165) is 5.56 Å². The molecule has 18 heavy (non-hydrogen) atoms. The SMILES string of the molecule is CN1C(=O)C[C@](CCC#N)(c2ccccc2)C1=O. The minimum absolute atomic E-state index is 0.161. The quantitative estimate of drug-likeness (QED) is 0.757. The van der Waals surface area contributed by atoms with Gasteiger partial charge in [0.1, 0.15) is 0 Å². The molecule has 1 heterocycles. The lowest BCUT2D eigenvalue weighted by Gasteiger charge is -2.25. The third-order valence-corrected chi connectivity index (χ3v) is 3.53. The van der Waals surface area contributed by atoms with Crippen LogP contribution in [0.5, 0.6) is 0 Å². The van der Waals surface area contributed by atoms with Crippen LogP contribution in [0.4, 0.5) is 0 Å². The van der Waals surface area contributed by atoms with Crippen molar-refractivity contribution < 1.29 is 9.59 Å². The Morgan fingerprint density at radius 1 is 1.33 bits per heavy atom. The topological polar surface area (TPSA) is 61.2 Å². The van der Waals surface area contributed by atoms with Crippen LogP contribution in [0, 0.1) is 11.3 Å². The zero-order chi connectivity index (χ0) is 13.2. The average molecular weight is 242 g/mol. The second kappa shape index (κ2) is 4.61. The van der Waals surface area contributed by atoms with Gasteiger partial charge < -0.3 is 0 Å². The smallest absolute Gasteiger partial charge is 0.240 e. The van der Waals surface area contributed by atoms with Crippen LogP contribution in [-0.2, 0) is 15.0 Å². The number of hydrogen-bond acceptors (Lipinski definition) is 3. The number of likely N-dealkylation sites (tertiary alicyclic amines) is 1. The maximum absolute atomic E-state index is 12.3. The van der Waals surface area contributed by atoms with E-state index >= 15 is 0 Å². The minimum Gasteiger partial charge on any atom is -0.285 e. The van der Waals surface area contributed by atoms with Crippen LogP contribution in [0.1, 0.15) is 24.8 Å². The lowest BCUT2D eigenvalue weighted by atomic mass is 9.75. The number of nitrogens with zero attached hydrogens (tertiary/aromatic N) is 2. The van der Waals surface area contributed by atoms with Crippen molar-refractivity contribution in [2.45, 2.75) is 24.7 Å². The van der Waals surface area contributed by atoms with Crippen molar-refractivity contribution in [2.24, 2.45) is 0 Å². The van der Waals surface area contributed by atoms with Crippen LogP contribution in [0.15, 0.2) is 30.3 Å². The molecule has 0 unspecified atom stereocenters. The molecule has 2 rings (SSSR count). The molecule has 2 amide bonds. The largest absolute Gasteiger partial charge is 0.285 e. The van der Waals surface area contributed by atoms with Crippen molar-refractivity contribution in [3.8, 4) is 6.07 Å². The first kappa shape index (κ1) is 12.3. The highest BCUT2D eigenvalue weighted by molar-refractivity contribution is 6.08. The van der Waals surface area contributed by atoms with Crippen LogP contribution in [0.25, 0.3) is 0 Å². The molecule has 92 valence electrons. The van der Waals surface area contributed by atoms with E-state index in [4.69, 9.17) is 5.26 Å². The van der Waals surface area contributed by atoms with Gasteiger partial charge in [0.2, 0.25) is 11.8 Å². The first-order chi connectivity index (χ1) is 8.62. The highest BCUT2D eigenvalue weighted by atomic mass is 16.2. The number of likely N-dealkylation sites (N-methyl/N-ethyl adjacent to an activating group) is 1. The van der Waals surface area contributed by atoms with E-state index < -0.39 is 5.41 Å². The molecule has 1 atom stereocenters. The average Bonchev–Trinajstić information content (AvgIpc) is 2.63. The molecular weight excluding hydrogens is 228 g/mol. The molecule has 0 aliphatic carbocycles. The summed E-state index contributed by atoms with van der Waals surface area (Å²) in [5, 5.41) is 8.75. The predicted molar refractivity (Wildman–Crippen MR) is 65.4 cm³/mol. The fourth-order valence-electron chi connectivity index (χ4n) is 2.48. The van der Waals surface area contributed by atoms with Gasteiger partial charge in [-0.15, -0.1) is 0 Å². The van der Waals surface area contributed by atoms with Crippen LogP contribution < -0.4 is 0 Å². The van der Waals surface area contributed by atoms with Gasteiger partial charge in [0.25, 0.3) is 0 Å². The number of nitriles is 1. The minimum atomic E-state index is -0.844. The third kappa shape index (κ3) is 1.78. The second-order valence-corrected chi connectivity index (χ2v) is 4.54. The van der Waals surface area contributed by atoms with Crippen molar-refractivity contribution in [2.75, 3.05) is 7.05 Å². The van der Waals surface area contributed by atoms with E-state index in [0.29, 0.717) is 6.42 Å². The summed E-state index contributed by atoms with van der Waals surface area (Å²) in [6, 6.07) is 11.3. The van der Waals surface area contributed by atoms with E-state index in [-0.39, 0.29) is 24.7 Å². The van der Waals surface area contributed by atoms with E-state index in [2.05, 4.69) is 6.07 Å². The molecule has 1 aromatic rings. The van der Waals surface area contributed by atoms with E-state index in [1.54, 1.807) is 0 Å². The van der Waals surface area contributed by atoms with Crippen molar-refractivity contribution in [1.82, 2.24) is 4.90 Å². The van der Waals surface area contributed by atoms with Gasteiger partial charge >= 0.3 is 0 Å². The number of carbonyl (C=O) groups excluding carboxylic acids is 2. The Hall–Kier alpha value is -2.15. The first-order valence-corrected chi connectivity index (χ1v) is 5.85. The number of amides is 2. The number of benzene rings is 1. The Balaban J connectivity index is 2.46. The van der Waals surface area contributed by atoms with Gasteiger partial charge in [0, 0.05) is 19.9 Å². The van der Waals surface area contributed by atoms with Crippen LogP contribution in [0.2, 0.25) is 0 Å². The predicted octanol–water partition coefficient (Wildman–Crippen LogP) is 1.62. The molecule has 0 saturated carbocycles. The summed E-state index contributed by atoms with van der Waals surface area (Å²) in [6.07, 6.45) is 0.818. The molecular formula is C14H14N2O2. The normalized spacial score (nSPS) is 23.2. The second-order valence-electron chi connectivity index (χ2n) is 4.54. The van der Waals surface area contributed by atoms with Gasteiger partial charge in [-0.1, -0.05) is 30.3 Å². The van der Waals surface area contributed by atoms with Gasteiger partial charge in [-0.2, -0.15) is 5.26 Å². The Labute approximate surface area is 106 Å². The molecule has 0 N–H and O–H groups in total. The summed E-state index contributed by atoms with van der Waals surface area (Å²) in [6.45, 7) is 0. The molecule has 0 radical (unpaired) electrons. The Morgan fingerprint density at radius 2 is 2.00 bits per heavy atom. The molecule has 1 aliphatic rings. The third-order valence-electron chi connectivity index (χ3n) is 3.53. The van der Waals surface area contributed by atoms with Gasteiger partial charge in [-0.05, 0) is 12.0 Å². The highest BCUT2D eigenvalue weighted by Gasteiger charge is 2.50. The van der Waals surface area contributed by atoms with E-state index in [9.17, 15) is 9.59 Å². The van der Waals surface area contributed by atoms with Gasteiger partial charge in [0.05, 0.1) is 11.5 Å². The fraction of sp³-hybridized carbons (Fsp3) is 0.357. The fourth-order valence-corrected chi connectivity index (χ4v) is 2.48. The molecule has 1 saturated heterocycles. The summed E-state index contributed by atoms with van der Waals surface area (Å²) in [4.78, 5) is 25.3. The number of imide groups is 1. The van der Waals surface area contributed by atoms with Crippen molar-refractivity contribution >= 4 is 11.8 Å². The van der Waals surface area contributed by atoms with Crippen molar-refractivity contribution in [3.63, 3.8) is 0 Å². The summed E-state index contributed by atoms with van der Waals surface area (Å²) in [7, 11) is 1.50. The molecule has 0 spiro atoms. The molecule has 1 fully saturated rings. The number of hydrogen-bond donors (Lipinski definition) is 0. The van der Waals surface area contributed by atoms with E-state index in [1.807, 2.05) is 30.3 Å². The maximum Gasteiger partial charge on any atom is 0.240 e. The van der Waals surface area contributed by atoms with E-state index in [1.165, 1.54) is 11.9 Å². The molecule has 4 nitrogen and oxygen atoms in total. The zero-order valence-corrected chi connectivity index (χ0v) is 10.2. The lowest BCUT2D eigenvalue weighted by Crippen LogP contribution is -2.36. The van der Waals surface area contributed by atoms with Crippen LogP contribution in [-0.4, -0.2) is 23.8 Å². The Kier molecular flexibility index (Phi) is 3.15. The number of rotatable bonds is 3. The Morgan fingerprint density at radius 3 is 2.50 bits per heavy atom. The van der Waals surface area contributed by atoms with Crippen LogP contribution in [0.3, 0.4) is 0 Å². The summed E-state index contributed by atoms with van der Waals surface area (Å²) >= 11 is 0. The zero-order valence-electron chi connectivity index (χ0n) is 10.2. The maximum atomic E-state index is 12.3. The molecule has 0 bridgehead atoms.